The fourth-order valence-electron chi connectivity index (χ4n) is 4.49. The second kappa shape index (κ2) is 8.46. The van der Waals surface area contributed by atoms with Crippen molar-refractivity contribution in [3.05, 3.63) is 70.3 Å². The summed E-state index contributed by atoms with van der Waals surface area (Å²) in [6.07, 6.45) is -3.57. The highest BCUT2D eigenvalue weighted by molar-refractivity contribution is 5.41. The third-order valence-electron chi connectivity index (χ3n) is 6.01. The van der Waals surface area contributed by atoms with Crippen molar-refractivity contribution in [2.24, 2.45) is 0 Å². The summed E-state index contributed by atoms with van der Waals surface area (Å²) in [6, 6.07) is 14.3. The Morgan fingerprint density at radius 3 is 2.72 bits per heavy atom. The Morgan fingerprint density at radius 2 is 1.97 bits per heavy atom. The summed E-state index contributed by atoms with van der Waals surface area (Å²) < 4.78 is 45.3. The van der Waals surface area contributed by atoms with Crippen molar-refractivity contribution in [1.82, 2.24) is 10.6 Å². The smallest absolute Gasteiger partial charge is 0.364 e. The molecule has 0 spiro atoms. The molecule has 2 aliphatic rings. The van der Waals surface area contributed by atoms with Gasteiger partial charge in [-0.1, -0.05) is 42.5 Å². The first-order valence-electron chi connectivity index (χ1n) is 10.3. The average Bonchev–Trinajstić information content (AvgIpc) is 2.72. The molecule has 0 aromatic heterocycles. The van der Waals surface area contributed by atoms with Gasteiger partial charge in [-0.05, 0) is 60.5 Å². The van der Waals surface area contributed by atoms with Crippen LogP contribution >= 0.6 is 0 Å². The van der Waals surface area contributed by atoms with Crippen LogP contribution in [-0.4, -0.2) is 25.4 Å². The molecular weight excluding hydrogens is 377 g/mol. The van der Waals surface area contributed by atoms with Gasteiger partial charge in [-0.15, -0.1) is 0 Å². The molecule has 156 valence electrons. The van der Waals surface area contributed by atoms with Crippen LogP contribution in [0.3, 0.4) is 0 Å². The second-order valence-electron chi connectivity index (χ2n) is 7.99. The summed E-state index contributed by atoms with van der Waals surface area (Å²) in [6.45, 7) is 3.60. The fraction of sp³-hybridized carbons (Fsp3) is 0.478. The summed E-state index contributed by atoms with van der Waals surface area (Å²) in [5.74, 6) is 0. The van der Waals surface area contributed by atoms with E-state index in [1.165, 1.54) is 5.56 Å². The van der Waals surface area contributed by atoms with Crippen LogP contribution in [0.15, 0.2) is 42.5 Å². The lowest BCUT2D eigenvalue weighted by molar-refractivity contribution is -0.227. The molecule has 1 saturated heterocycles. The van der Waals surface area contributed by atoms with Gasteiger partial charge in [0.25, 0.3) is 0 Å². The van der Waals surface area contributed by atoms with Gasteiger partial charge in [0.2, 0.25) is 0 Å². The molecule has 2 aromatic rings. The number of hydrogen-bond acceptors (Lipinski definition) is 3. The van der Waals surface area contributed by atoms with E-state index in [2.05, 4.69) is 22.8 Å². The third-order valence-corrected chi connectivity index (χ3v) is 6.01. The van der Waals surface area contributed by atoms with Crippen LogP contribution in [0.25, 0.3) is 0 Å². The molecule has 2 heterocycles. The summed E-state index contributed by atoms with van der Waals surface area (Å²) in [4.78, 5) is 0. The van der Waals surface area contributed by atoms with Gasteiger partial charge in [0.05, 0.1) is 6.61 Å². The number of aryl methyl sites for hydroxylation is 1. The van der Waals surface area contributed by atoms with Gasteiger partial charge < -0.3 is 15.4 Å². The number of halogens is 3. The molecule has 0 aliphatic carbocycles. The topological polar surface area (TPSA) is 33.3 Å². The molecule has 0 amide bonds. The van der Waals surface area contributed by atoms with E-state index in [0.29, 0.717) is 13.0 Å². The van der Waals surface area contributed by atoms with Gasteiger partial charge in [-0.3, -0.25) is 0 Å². The average molecular weight is 404 g/mol. The number of benzene rings is 2. The van der Waals surface area contributed by atoms with Crippen molar-refractivity contribution in [3.63, 3.8) is 0 Å². The Labute approximate surface area is 169 Å². The molecule has 1 fully saturated rings. The molecule has 0 saturated carbocycles. The molecule has 3 unspecified atom stereocenters. The lowest BCUT2D eigenvalue weighted by atomic mass is 9.90. The van der Waals surface area contributed by atoms with Crippen LogP contribution in [-0.2, 0) is 17.7 Å². The maximum atomic E-state index is 13.4. The van der Waals surface area contributed by atoms with Crippen molar-refractivity contribution in [2.75, 3.05) is 13.2 Å². The van der Waals surface area contributed by atoms with Crippen LogP contribution in [0.4, 0.5) is 13.2 Å². The van der Waals surface area contributed by atoms with Crippen molar-refractivity contribution in [2.45, 2.75) is 57.1 Å². The van der Waals surface area contributed by atoms with E-state index in [1.54, 1.807) is 6.07 Å². The molecular formula is C23H27F3N2O. The molecule has 2 aliphatic heterocycles. The maximum Gasteiger partial charge on any atom is 0.418 e. The first kappa shape index (κ1) is 20.4. The van der Waals surface area contributed by atoms with Gasteiger partial charge in [0.1, 0.15) is 0 Å². The Kier molecular flexibility index (Phi) is 5.95. The normalized spacial score (nSPS) is 24.9. The van der Waals surface area contributed by atoms with Gasteiger partial charge in [0.15, 0.2) is 6.10 Å². The van der Waals surface area contributed by atoms with Gasteiger partial charge in [-0.25, -0.2) is 0 Å². The molecule has 0 bridgehead atoms. The number of piperidine rings is 1. The van der Waals surface area contributed by atoms with E-state index in [-0.39, 0.29) is 24.3 Å². The summed E-state index contributed by atoms with van der Waals surface area (Å²) in [5.41, 5.74) is 4.19. The molecule has 29 heavy (non-hydrogen) atoms. The van der Waals surface area contributed by atoms with E-state index >= 15 is 0 Å². The largest absolute Gasteiger partial charge is 0.418 e. The van der Waals surface area contributed by atoms with Crippen molar-refractivity contribution >= 4 is 0 Å². The second-order valence-corrected chi connectivity index (χ2v) is 7.99. The summed E-state index contributed by atoms with van der Waals surface area (Å²) >= 11 is 0. The molecule has 6 heteroatoms. The van der Waals surface area contributed by atoms with E-state index in [9.17, 15) is 13.2 Å². The van der Waals surface area contributed by atoms with Crippen LogP contribution in [0.2, 0.25) is 0 Å². The number of alkyl halides is 3. The first-order valence-corrected chi connectivity index (χ1v) is 10.3. The summed E-state index contributed by atoms with van der Waals surface area (Å²) in [7, 11) is 0. The number of nitrogens with one attached hydrogen (secondary N) is 2. The minimum Gasteiger partial charge on any atom is -0.364 e. The molecule has 3 nitrogen and oxygen atoms in total. The Balaban J connectivity index is 1.53. The predicted molar refractivity (Wildman–Crippen MR) is 107 cm³/mol. The Bertz CT molecular complexity index is 838. The number of ether oxygens (including phenoxy) is 1. The SMILES string of the molecule is Cc1cc2c(cc1CNC1CCCNC1c1ccccc1)C(C(F)(F)F)OCC2. The van der Waals surface area contributed by atoms with Gasteiger partial charge in [0, 0.05) is 18.6 Å². The molecule has 3 atom stereocenters. The Hall–Kier alpha value is -1.89. The van der Waals surface area contributed by atoms with E-state index < -0.39 is 12.3 Å². The van der Waals surface area contributed by atoms with E-state index in [1.807, 2.05) is 31.2 Å². The van der Waals surface area contributed by atoms with Crippen molar-refractivity contribution in [1.29, 1.82) is 0 Å². The van der Waals surface area contributed by atoms with Crippen LogP contribution < -0.4 is 10.6 Å². The maximum absolute atomic E-state index is 13.4. The number of hydrogen-bond donors (Lipinski definition) is 2. The van der Waals surface area contributed by atoms with Crippen LogP contribution in [0.5, 0.6) is 0 Å². The minimum absolute atomic E-state index is 0.112. The predicted octanol–water partition coefficient (Wildman–Crippen LogP) is 4.75. The molecule has 0 radical (unpaired) electrons. The van der Waals surface area contributed by atoms with Gasteiger partial charge >= 0.3 is 6.18 Å². The van der Waals surface area contributed by atoms with Crippen LogP contribution in [0.1, 0.15) is 52.8 Å². The van der Waals surface area contributed by atoms with Gasteiger partial charge in [-0.2, -0.15) is 13.2 Å². The first-order chi connectivity index (χ1) is 13.9. The zero-order chi connectivity index (χ0) is 20.4. The number of rotatable bonds is 4. The minimum atomic E-state index is -4.39. The standard InChI is InChI=1S/C23H27F3N2O/c1-15-12-17-9-11-29-22(23(24,25)26)19(17)13-18(15)14-28-20-8-5-10-27-21(20)16-6-3-2-4-7-16/h2-4,6-7,12-13,20-22,27-28H,5,8-11,14H2,1H3. The monoisotopic (exact) mass is 404 g/mol. The highest BCUT2D eigenvalue weighted by Gasteiger charge is 2.44. The lowest BCUT2D eigenvalue weighted by Crippen LogP contribution is -2.45. The zero-order valence-electron chi connectivity index (χ0n) is 16.6. The van der Waals surface area contributed by atoms with E-state index in [0.717, 1.165) is 36.1 Å². The lowest BCUT2D eigenvalue weighted by Gasteiger charge is -2.34. The zero-order valence-corrected chi connectivity index (χ0v) is 16.6. The van der Waals surface area contributed by atoms with Crippen molar-refractivity contribution in [3.8, 4) is 0 Å². The van der Waals surface area contributed by atoms with Crippen LogP contribution in [0, 0.1) is 6.92 Å². The third kappa shape index (κ3) is 4.49. The van der Waals surface area contributed by atoms with E-state index in [4.69, 9.17) is 4.74 Å². The molecule has 2 N–H and O–H groups in total. The highest BCUT2D eigenvalue weighted by atomic mass is 19.4. The molecule has 2 aromatic carbocycles. The summed E-state index contributed by atoms with van der Waals surface area (Å²) in [5, 5.41) is 7.19. The molecule has 4 rings (SSSR count). The number of fused-ring (bicyclic) bond motifs is 1. The highest BCUT2D eigenvalue weighted by Crippen LogP contribution is 2.41. The Morgan fingerprint density at radius 1 is 1.17 bits per heavy atom. The van der Waals surface area contributed by atoms with Crippen molar-refractivity contribution < 1.29 is 17.9 Å². The quantitative estimate of drug-likeness (QED) is 0.771. The fourth-order valence-corrected chi connectivity index (χ4v) is 4.49.